The molecule has 0 unspecified atom stereocenters. The number of aliphatic imine (C=N–C) groups is 1. The Morgan fingerprint density at radius 1 is 1.23 bits per heavy atom. The molecule has 0 heterocycles. The Labute approximate surface area is 156 Å². The molecule has 1 saturated carbocycles. The van der Waals surface area contributed by atoms with Crippen molar-refractivity contribution in [2.24, 2.45) is 10.4 Å². The minimum absolute atomic E-state index is 0.168. The summed E-state index contributed by atoms with van der Waals surface area (Å²) >= 11 is 0. The number of nitrogens with zero attached hydrogens (tertiary/aromatic N) is 2. The number of nitrogens with one attached hydrogen (secondary N) is 2. The molecule has 1 aliphatic carbocycles. The molecule has 1 fully saturated rings. The highest BCUT2D eigenvalue weighted by molar-refractivity contribution is 5.84. The van der Waals surface area contributed by atoms with Crippen LogP contribution in [0.2, 0.25) is 0 Å². The van der Waals surface area contributed by atoms with Gasteiger partial charge in [-0.2, -0.15) is 0 Å². The molecule has 1 amide bonds. The fourth-order valence-corrected chi connectivity index (χ4v) is 3.55. The van der Waals surface area contributed by atoms with Gasteiger partial charge in [-0.1, -0.05) is 31.0 Å². The number of halogens is 1. The number of hydrogen-bond donors (Lipinski definition) is 2. The second-order valence-corrected chi connectivity index (χ2v) is 7.15. The molecule has 26 heavy (non-hydrogen) atoms. The Kier molecular flexibility index (Phi) is 7.42. The van der Waals surface area contributed by atoms with Gasteiger partial charge >= 0.3 is 0 Å². The first-order chi connectivity index (χ1) is 12.5. The second-order valence-electron chi connectivity index (χ2n) is 7.15. The van der Waals surface area contributed by atoms with E-state index in [1.54, 1.807) is 17.0 Å². The average Bonchev–Trinajstić information content (AvgIpc) is 3.10. The van der Waals surface area contributed by atoms with E-state index in [4.69, 9.17) is 0 Å². The van der Waals surface area contributed by atoms with E-state index in [-0.39, 0.29) is 17.1 Å². The molecular formula is C20H31FN4O. The predicted molar refractivity (Wildman–Crippen MR) is 104 cm³/mol. The first kappa shape index (κ1) is 20.2. The van der Waals surface area contributed by atoms with Crippen LogP contribution < -0.4 is 10.6 Å². The van der Waals surface area contributed by atoms with Crippen LogP contribution in [0.3, 0.4) is 0 Å². The summed E-state index contributed by atoms with van der Waals surface area (Å²) in [4.78, 5) is 19.0. The van der Waals surface area contributed by atoms with Gasteiger partial charge in [-0.15, -0.1) is 0 Å². The van der Waals surface area contributed by atoms with Gasteiger partial charge in [0.15, 0.2) is 5.96 Å². The molecule has 0 aromatic heterocycles. The molecule has 0 bridgehead atoms. The van der Waals surface area contributed by atoms with Crippen LogP contribution in [0.4, 0.5) is 4.39 Å². The third kappa shape index (κ3) is 5.19. The van der Waals surface area contributed by atoms with E-state index in [9.17, 15) is 9.18 Å². The molecule has 0 spiro atoms. The molecule has 2 rings (SSSR count). The molecule has 0 radical (unpaired) electrons. The summed E-state index contributed by atoms with van der Waals surface area (Å²) in [7, 11) is 3.62. The van der Waals surface area contributed by atoms with Gasteiger partial charge in [-0.05, 0) is 37.8 Å². The van der Waals surface area contributed by atoms with Gasteiger partial charge in [0.2, 0.25) is 5.91 Å². The van der Waals surface area contributed by atoms with Crippen molar-refractivity contribution >= 4 is 11.9 Å². The van der Waals surface area contributed by atoms with Gasteiger partial charge in [0.25, 0.3) is 0 Å². The zero-order valence-corrected chi connectivity index (χ0v) is 16.1. The van der Waals surface area contributed by atoms with Crippen molar-refractivity contribution in [1.82, 2.24) is 15.5 Å². The summed E-state index contributed by atoms with van der Waals surface area (Å²) in [6.45, 7) is 3.81. The second kappa shape index (κ2) is 9.55. The van der Waals surface area contributed by atoms with Crippen LogP contribution in [0.15, 0.2) is 29.3 Å². The van der Waals surface area contributed by atoms with Crippen molar-refractivity contribution in [3.63, 3.8) is 0 Å². The minimum atomic E-state index is -0.378. The fraction of sp³-hybridized carbons (Fsp3) is 0.600. The Hall–Kier alpha value is -2.11. The lowest BCUT2D eigenvalue weighted by Gasteiger charge is -2.29. The van der Waals surface area contributed by atoms with Crippen LogP contribution in [0.5, 0.6) is 0 Å². The summed E-state index contributed by atoms with van der Waals surface area (Å²) in [5.41, 5.74) is 0.308. The Balaban J connectivity index is 1.98. The number of hydrogen-bond acceptors (Lipinski definition) is 2. The molecule has 0 atom stereocenters. The van der Waals surface area contributed by atoms with E-state index in [0.29, 0.717) is 31.0 Å². The van der Waals surface area contributed by atoms with Crippen molar-refractivity contribution in [2.45, 2.75) is 39.0 Å². The SMILES string of the molecule is CCNC(=NCC1(C(=O)N(C)C)CCCC1)NCCc1ccccc1F. The Bertz CT molecular complexity index is 624. The van der Waals surface area contributed by atoms with Gasteiger partial charge in [0.1, 0.15) is 5.82 Å². The first-order valence-corrected chi connectivity index (χ1v) is 9.46. The van der Waals surface area contributed by atoms with E-state index in [2.05, 4.69) is 15.6 Å². The smallest absolute Gasteiger partial charge is 0.230 e. The molecule has 6 heteroatoms. The summed E-state index contributed by atoms with van der Waals surface area (Å²) in [6.07, 6.45) is 4.52. The van der Waals surface area contributed by atoms with Gasteiger partial charge in [0, 0.05) is 27.2 Å². The third-order valence-corrected chi connectivity index (χ3v) is 4.95. The van der Waals surface area contributed by atoms with Gasteiger partial charge < -0.3 is 15.5 Å². The highest BCUT2D eigenvalue weighted by atomic mass is 19.1. The number of carbonyl (C=O) groups excluding carboxylic acids is 1. The molecular weight excluding hydrogens is 331 g/mol. The van der Waals surface area contributed by atoms with Crippen molar-refractivity contribution in [3.8, 4) is 0 Å². The topological polar surface area (TPSA) is 56.7 Å². The van der Waals surface area contributed by atoms with Crippen LogP contribution >= 0.6 is 0 Å². The monoisotopic (exact) mass is 362 g/mol. The molecule has 2 N–H and O–H groups in total. The maximum Gasteiger partial charge on any atom is 0.230 e. The lowest BCUT2D eigenvalue weighted by Crippen LogP contribution is -2.43. The van der Waals surface area contributed by atoms with E-state index >= 15 is 0 Å². The van der Waals surface area contributed by atoms with E-state index in [0.717, 1.165) is 32.2 Å². The molecule has 1 aromatic rings. The number of carbonyl (C=O) groups is 1. The highest BCUT2D eigenvalue weighted by Gasteiger charge is 2.42. The summed E-state index contributed by atoms with van der Waals surface area (Å²) < 4.78 is 13.7. The molecule has 0 aliphatic heterocycles. The Morgan fingerprint density at radius 3 is 2.54 bits per heavy atom. The van der Waals surface area contributed by atoms with Crippen LogP contribution in [0.1, 0.15) is 38.2 Å². The molecule has 5 nitrogen and oxygen atoms in total. The zero-order chi connectivity index (χ0) is 19.0. The van der Waals surface area contributed by atoms with Crippen molar-refractivity contribution in [1.29, 1.82) is 0 Å². The quantitative estimate of drug-likeness (QED) is 0.579. The number of amides is 1. The summed E-state index contributed by atoms with van der Waals surface area (Å²) in [5.74, 6) is 0.667. The standard InChI is InChI=1S/C20H31FN4O/c1-4-22-19(23-14-11-16-9-5-6-10-17(16)21)24-15-20(12-7-8-13-20)18(26)25(2)3/h5-6,9-10H,4,7-8,11-15H2,1-3H3,(H2,22,23,24). The number of rotatable bonds is 7. The number of benzene rings is 1. The fourth-order valence-electron chi connectivity index (χ4n) is 3.55. The highest BCUT2D eigenvalue weighted by Crippen LogP contribution is 2.39. The largest absolute Gasteiger partial charge is 0.357 e. The van der Waals surface area contributed by atoms with Gasteiger partial charge in [-0.3, -0.25) is 9.79 Å². The first-order valence-electron chi connectivity index (χ1n) is 9.46. The normalized spacial score (nSPS) is 16.4. The van der Waals surface area contributed by atoms with E-state index in [1.807, 2.05) is 27.1 Å². The maximum atomic E-state index is 13.7. The lowest BCUT2D eigenvalue weighted by molar-refractivity contribution is -0.138. The van der Waals surface area contributed by atoms with Crippen LogP contribution in [-0.2, 0) is 11.2 Å². The summed E-state index contributed by atoms with van der Waals surface area (Å²) in [5, 5.41) is 6.47. The maximum absolute atomic E-state index is 13.7. The lowest BCUT2D eigenvalue weighted by atomic mass is 9.85. The van der Waals surface area contributed by atoms with Crippen molar-refractivity contribution in [3.05, 3.63) is 35.6 Å². The van der Waals surface area contributed by atoms with E-state index < -0.39 is 0 Å². The van der Waals surface area contributed by atoms with Gasteiger partial charge in [0.05, 0.1) is 12.0 Å². The number of guanidine groups is 1. The summed E-state index contributed by atoms with van der Waals surface area (Å²) in [6, 6.07) is 6.81. The van der Waals surface area contributed by atoms with Gasteiger partial charge in [-0.25, -0.2) is 4.39 Å². The Morgan fingerprint density at radius 2 is 1.92 bits per heavy atom. The third-order valence-electron chi connectivity index (χ3n) is 4.95. The predicted octanol–water partition coefficient (Wildman–Crippen LogP) is 2.57. The van der Waals surface area contributed by atoms with E-state index in [1.165, 1.54) is 6.07 Å². The average molecular weight is 362 g/mol. The van der Waals surface area contributed by atoms with Crippen LogP contribution in [0, 0.1) is 11.2 Å². The van der Waals surface area contributed by atoms with Crippen LogP contribution in [-0.4, -0.2) is 50.5 Å². The minimum Gasteiger partial charge on any atom is -0.357 e. The zero-order valence-electron chi connectivity index (χ0n) is 16.1. The molecule has 0 saturated heterocycles. The van der Waals surface area contributed by atoms with Crippen molar-refractivity contribution in [2.75, 3.05) is 33.7 Å². The van der Waals surface area contributed by atoms with Crippen LogP contribution in [0.25, 0.3) is 0 Å². The molecule has 144 valence electrons. The molecule has 1 aliphatic rings. The molecule has 1 aromatic carbocycles. The van der Waals surface area contributed by atoms with Crippen molar-refractivity contribution < 1.29 is 9.18 Å².